The molecule has 98 valence electrons. The van der Waals surface area contributed by atoms with E-state index in [0.717, 1.165) is 31.9 Å². The van der Waals surface area contributed by atoms with Crippen LogP contribution in [0.25, 0.3) is 0 Å². The number of ketones is 1. The van der Waals surface area contributed by atoms with Gasteiger partial charge < -0.3 is 14.5 Å². The van der Waals surface area contributed by atoms with E-state index >= 15 is 0 Å². The van der Waals surface area contributed by atoms with Gasteiger partial charge in [0.25, 0.3) is 0 Å². The Morgan fingerprint density at radius 1 is 1.17 bits per heavy atom. The second-order valence-corrected chi connectivity index (χ2v) is 4.77. The van der Waals surface area contributed by atoms with Crippen molar-refractivity contribution in [3.8, 4) is 5.75 Å². The molecule has 0 aromatic heterocycles. The second-order valence-electron chi connectivity index (χ2n) is 4.77. The zero-order valence-electron chi connectivity index (χ0n) is 11.1. The lowest BCUT2D eigenvalue weighted by Gasteiger charge is -2.34. The average Bonchev–Trinajstić information content (AvgIpc) is 2.38. The molecule has 0 atom stereocenters. The van der Waals surface area contributed by atoms with E-state index in [1.807, 2.05) is 12.1 Å². The summed E-state index contributed by atoms with van der Waals surface area (Å²) in [6, 6.07) is 7.97. The zero-order chi connectivity index (χ0) is 13.0. The van der Waals surface area contributed by atoms with Crippen molar-refractivity contribution in [1.29, 1.82) is 0 Å². The van der Waals surface area contributed by atoms with Crippen LogP contribution < -0.4 is 9.64 Å². The van der Waals surface area contributed by atoms with Gasteiger partial charge in [-0.2, -0.15) is 0 Å². The molecule has 0 bridgehead atoms. The predicted molar refractivity (Wildman–Crippen MR) is 72.3 cm³/mol. The Morgan fingerprint density at radius 3 is 2.33 bits per heavy atom. The van der Waals surface area contributed by atoms with E-state index in [2.05, 4.69) is 29.0 Å². The van der Waals surface area contributed by atoms with Crippen molar-refractivity contribution in [2.45, 2.75) is 6.92 Å². The van der Waals surface area contributed by atoms with Crippen LogP contribution in [0.2, 0.25) is 0 Å². The number of likely N-dealkylation sites (N-methyl/N-ethyl adjacent to an activating group) is 1. The summed E-state index contributed by atoms with van der Waals surface area (Å²) in [6.07, 6.45) is 0. The quantitative estimate of drug-likeness (QED) is 0.806. The minimum Gasteiger partial charge on any atom is -0.486 e. The molecule has 0 saturated carbocycles. The normalized spacial score (nSPS) is 16.7. The number of carbonyl (C=O) groups is 1. The van der Waals surface area contributed by atoms with Gasteiger partial charge >= 0.3 is 0 Å². The summed E-state index contributed by atoms with van der Waals surface area (Å²) < 4.78 is 5.35. The monoisotopic (exact) mass is 248 g/mol. The minimum atomic E-state index is 0.0399. The number of anilines is 1. The van der Waals surface area contributed by atoms with Crippen LogP contribution in [-0.4, -0.2) is 50.5 Å². The van der Waals surface area contributed by atoms with Gasteiger partial charge in [0.05, 0.1) is 0 Å². The highest BCUT2D eigenvalue weighted by Gasteiger charge is 2.13. The van der Waals surface area contributed by atoms with E-state index in [0.29, 0.717) is 0 Å². The first-order valence-corrected chi connectivity index (χ1v) is 6.31. The molecule has 1 saturated heterocycles. The molecule has 18 heavy (non-hydrogen) atoms. The largest absolute Gasteiger partial charge is 0.486 e. The molecule has 4 heteroatoms. The molecule has 0 N–H and O–H groups in total. The standard InChI is InChI=1S/C14H20N2O2/c1-12(17)11-18-14-5-3-13(4-6-14)16-9-7-15(2)8-10-16/h3-6H,7-11H2,1-2H3. The van der Waals surface area contributed by atoms with Gasteiger partial charge in [-0.15, -0.1) is 0 Å². The predicted octanol–water partition coefficient (Wildman–Crippen LogP) is 1.41. The van der Waals surface area contributed by atoms with Gasteiger partial charge in [0, 0.05) is 31.9 Å². The van der Waals surface area contributed by atoms with E-state index in [-0.39, 0.29) is 12.4 Å². The summed E-state index contributed by atoms with van der Waals surface area (Å²) >= 11 is 0. The molecule has 0 unspecified atom stereocenters. The van der Waals surface area contributed by atoms with Crippen molar-refractivity contribution >= 4 is 11.5 Å². The molecule has 1 fully saturated rings. The van der Waals surface area contributed by atoms with Crippen molar-refractivity contribution in [1.82, 2.24) is 4.90 Å². The maximum Gasteiger partial charge on any atom is 0.167 e. The summed E-state index contributed by atoms with van der Waals surface area (Å²) in [5, 5.41) is 0. The van der Waals surface area contributed by atoms with Crippen molar-refractivity contribution in [2.24, 2.45) is 0 Å². The fraction of sp³-hybridized carbons (Fsp3) is 0.500. The number of rotatable bonds is 4. The second kappa shape index (κ2) is 5.87. The smallest absolute Gasteiger partial charge is 0.167 e. The van der Waals surface area contributed by atoms with Crippen molar-refractivity contribution in [3.05, 3.63) is 24.3 Å². The lowest BCUT2D eigenvalue weighted by molar-refractivity contribution is -0.118. The van der Waals surface area contributed by atoms with Crippen molar-refractivity contribution in [2.75, 3.05) is 44.7 Å². The third kappa shape index (κ3) is 3.47. The van der Waals surface area contributed by atoms with Crippen LogP contribution in [-0.2, 0) is 4.79 Å². The maximum atomic E-state index is 10.8. The number of nitrogens with zero attached hydrogens (tertiary/aromatic N) is 2. The van der Waals surface area contributed by atoms with Crippen LogP contribution in [0.5, 0.6) is 5.75 Å². The number of benzene rings is 1. The van der Waals surface area contributed by atoms with Crippen LogP contribution in [0.4, 0.5) is 5.69 Å². The van der Waals surface area contributed by atoms with E-state index < -0.39 is 0 Å². The number of carbonyl (C=O) groups excluding carboxylic acids is 1. The molecule has 0 radical (unpaired) electrons. The fourth-order valence-electron chi connectivity index (χ4n) is 2.00. The third-order valence-corrected chi connectivity index (χ3v) is 3.15. The highest BCUT2D eigenvalue weighted by Crippen LogP contribution is 2.20. The topological polar surface area (TPSA) is 32.8 Å². The first kappa shape index (κ1) is 12.9. The number of hydrogen-bond acceptors (Lipinski definition) is 4. The van der Waals surface area contributed by atoms with E-state index in [1.165, 1.54) is 12.6 Å². The Labute approximate surface area is 108 Å². The Hall–Kier alpha value is -1.55. The van der Waals surface area contributed by atoms with E-state index in [9.17, 15) is 4.79 Å². The van der Waals surface area contributed by atoms with Gasteiger partial charge in [-0.05, 0) is 38.2 Å². The summed E-state index contributed by atoms with van der Waals surface area (Å²) in [6.45, 7) is 5.99. The number of Topliss-reactive ketones (excluding diaryl/α,β-unsaturated/α-hetero) is 1. The van der Waals surface area contributed by atoms with Gasteiger partial charge in [0.2, 0.25) is 0 Å². The molecule has 1 aromatic carbocycles. The highest BCUT2D eigenvalue weighted by molar-refractivity contribution is 5.77. The molecule has 2 rings (SSSR count). The Kier molecular flexibility index (Phi) is 4.20. The van der Waals surface area contributed by atoms with Gasteiger partial charge in [-0.3, -0.25) is 4.79 Å². The lowest BCUT2D eigenvalue weighted by Crippen LogP contribution is -2.44. The van der Waals surface area contributed by atoms with Crippen molar-refractivity contribution < 1.29 is 9.53 Å². The fourth-order valence-corrected chi connectivity index (χ4v) is 2.00. The Balaban J connectivity index is 1.93. The van der Waals surface area contributed by atoms with Crippen LogP contribution in [0.3, 0.4) is 0 Å². The van der Waals surface area contributed by atoms with Crippen LogP contribution in [0.15, 0.2) is 24.3 Å². The highest BCUT2D eigenvalue weighted by atomic mass is 16.5. The molecule has 1 heterocycles. The Bertz CT molecular complexity index is 395. The molecule has 1 aliphatic rings. The molecule has 0 spiro atoms. The summed E-state index contributed by atoms with van der Waals surface area (Å²) in [4.78, 5) is 15.5. The number of hydrogen-bond donors (Lipinski definition) is 0. The molecule has 4 nitrogen and oxygen atoms in total. The zero-order valence-corrected chi connectivity index (χ0v) is 11.1. The first-order valence-electron chi connectivity index (χ1n) is 6.31. The van der Waals surface area contributed by atoms with Gasteiger partial charge in [0.1, 0.15) is 12.4 Å². The summed E-state index contributed by atoms with van der Waals surface area (Å²) in [5.41, 5.74) is 1.22. The first-order chi connectivity index (χ1) is 8.65. The molecular weight excluding hydrogens is 228 g/mol. The third-order valence-electron chi connectivity index (χ3n) is 3.15. The average molecular weight is 248 g/mol. The minimum absolute atomic E-state index is 0.0399. The summed E-state index contributed by atoms with van der Waals surface area (Å²) in [7, 11) is 2.15. The number of ether oxygens (including phenoxy) is 1. The van der Waals surface area contributed by atoms with Crippen molar-refractivity contribution in [3.63, 3.8) is 0 Å². The summed E-state index contributed by atoms with van der Waals surface area (Å²) in [5.74, 6) is 0.793. The van der Waals surface area contributed by atoms with Gasteiger partial charge in [0.15, 0.2) is 5.78 Å². The Morgan fingerprint density at radius 2 is 1.78 bits per heavy atom. The number of piperazine rings is 1. The molecule has 1 aliphatic heterocycles. The van der Waals surface area contributed by atoms with Crippen LogP contribution in [0, 0.1) is 0 Å². The molecule has 0 amide bonds. The van der Waals surface area contributed by atoms with E-state index in [1.54, 1.807) is 0 Å². The van der Waals surface area contributed by atoms with Gasteiger partial charge in [-0.1, -0.05) is 0 Å². The van der Waals surface area contributed by atoms with Crippen LogP contribution >= 0.6 is 0 Å². The SMILES string of the molecule is CC(=O)COc1ccc(N2CCN(C)CC2)cc1. The lowest BCUT2D eigenvalue weighted by atomic mass is 10.2. The molecule has 1 aromatic rings. The van der Waals surface area contributed by atoms with E-state index in [4.69, 9.17) is 4.74 Å². The maximum absolute atomic E-state index is 10.8. The molecule has 0 aliphatic carbocycles. The molecular formula is C14H20N2O2. The van der Waals surface area contributed by atoms with Gasteiger partial charge in [-0.25, -0.2) is 0 Å². The van der Waals surface area contributed by atoms with Crippen LogP contribution in [0.1, 0.15) is 6.92 Å².